The van der Waals surface area contributed by atoms with Crippen molar-refractivity contribution in [1.82, 2.24) is 0 Å². The summed E-state index contributed by atoms with van der Waals surface area (Å²) in [6.45, 7) is 3.51. The third-order valence-corrected chi connectivity index (χ3v) is 14.5. The molecule has 9 nitrogen and oxygen atoms in total. The number of phosphoric acid groups is 1. The molecule has 0 aliphatic carbocycles. The molecule has 0 aromatic carbocycles. The Morgan fingerprint density at radius 2 is 0.642 bits per heavy atom. The summed E-state index contributed by atoms with van der Waals surface area (Å²) in [6, 6.07) is 0. The Hall–Kier alpha value is -3.85. The Morgan fingerprint density at radius 1 is 0.370 bits per heavy atom. The molecule has 0 aromatic heterocycles. The summed E-state index contributed by atoms with van der Waals surface area (Å²) in [5.41, 5.74) is 5.39. The van der Waals surface area contributed by atoms with Crippen molar-refractivity contribution in [2.24, 2.45) is 5.73 Å². The summed E-state index contributed by atoms with van der Waals surface area (Å²) >= 11 is 0. The number of hydrogen-bond acceptors (Lipinski definition) is 8. The van der Waals surface area contributed by atoms with E-state index >= 15 is 0 Å². The molecule has 462 valence electrons. The average Bonchev–Trinajstić information content (AvgIpc) is 3.46. The largest absolute Gasteiger partial charge is 0.472 e. The second-order valence-corrected chi connectivity index (χ2v) is 22.7. The Labute approximate surface area is 497 Å². The number of nitrogens with two attached hydrogens (primary N) is 1. The molecule has 10 heteroatoms. The highest BCUT2D eigenvalue weighted by Crippen LogP contribution is 2.43. The van der Waals surface area contributed by atoms with E-state index in [1.54, 1.807) is 0 Å². The third kappa shape index (κ3) is 65.2. The number of ether oxygens (including phenoxy) is 2. The first kappa shape index (κ1) is 77.2. The maximum atomic E-state index is 12.7. The smallest absolute Gasteiger partial charge is 0.462 e. The van der Waals surface area contributed by atoms with E-state index in [1.807, 2.05) is 0 Å². The monoisotopic (exact) mass is 1150 g/mol. The number of rotatable bonds is 60. The summed E-state index contributed by atoms with van der Waals surface area (Å²) in [4.78, 5) is 35.2. The van der Waals surface area contributed by atoms with Crippen molar-refractivity contribution in [3.8, 4) is 0 Å². The number of unbranched alkanes of at least 4 members (excludes halogenated alkanes) is 25. The highest BCUT2D eigenvalue weighted by molar-refractivity contribution is 7.47. The van der Waals surface area contributed by atoms with Crippen molar-refractivity contribution in [1.29, 1.82) is 0 Å². The van der Waals surface area contributed by atoms with Crippen molar-refractivity contribution in [2.45, 2.75) is 277 Å². The van der Waals surface area contributed by atoms with Gasteiger partial charge in [-0.05, 0) is 109 Å². The lowest BCUT2D eigenvalue weighted by atomic mass is 10.0. The van der Waals surface area contributed by atoms with Crippen LogP contribution in [0.5, 0.6) is 0 Å². The second kappa shape index (κ2) is 65.3. The molecule has 2 atom stereocenters. The van der Waals surface area contributed by atoms with Crippen LogP contribution in [0, 0.1) is 0 Å². The minimum atomic E-state index is -4.40. The highest BCUT2D eigenvalue weighted by Gasteiger charge is 2.26. The molecule has 0 heterocycles. The molecule has 0 radical (unpaired) electrons. The van der Waals surface area contributed by atoms with E-state index in [0.717, 1.165) is 128 Å². The summed E-state index contributed by atoms with van der Waals surface area (Å²) < 4.78 is 33.1. The molecule has 0 saturated carbocycles. The maximum absolute atomic E-state index is 12.7. The van der Waals surface area contributed by atoms with Crippen LogP contribution in [0.2, 0.25) is 0 Å². The molecule has 0 aliphatic rings. The molecular weight excluding hydrogens is 1030 g/mol. The first-order chi connectivity index (χ1) is 39.8. The summed E-state index contributed by atoms with van der Waals surface area (Å²) in [5, 5.41) is 0. The van der Waals surface area contributed by atoms with E-state index in [0.29, 0.717) is 12.8 Å². The van der Waals surface area contributed by atoms with Gasteiger partial charge in [-0.25, -0.2) is 4.57 Å². The predicted octanol–water partition coefficient (Wildman–Crippen LogP) is 21.3. The average molecular weight is 1150 g/mol. The lowest BCUT2D eigenvalue weighted by Crippen LogP contribution is -2.29. The van der Waals surface area contributed by atoms with Gasteiger partial charge in [-0.15, -0.1) is 0 Å². The van der Waals surface area contributed by atoms with Gasteiger partial charge in [0, 0.05) is 19.4 Å². The van der Waals surface area contributed by atoms with Crippen LogP contribution in [0.3, 0.4) is 0 Å². The van der Waals surface area contributed by atoms with Crippen LogP contribution in [0.1, 0.15) is 271 Å². The molecule has 0 bridgehead atoms. The molecule has 0 amide bonds. The molecule has 2 unspecified atom stereocenters. The SMILES string of the molecule is CC/C=C\C/C=C\C/C=C\C/C=C\C/C=C\C/C=C\C/C=C\CCCCCCCCCCCCCCCCCCCCCC(=O)OC(COC(=O)CCCCCCCC/C=C\C/C=C\C/C=C\C/C=C\CC)COP(=O)(O)OCCN. The van der Waals surface area contributed by atoms with Gasteiger partial charge in [0.25, 0.3) is 0 Å². The standard InChI is InChI=1S/C71H120NO8P/c1-3-5-7-9-11-13-15-17-19-21-23-24-25-26-27-28-29-30-31-32-33-34-35-36-37-38-39-40-41-42-43-44-46-48-50-52-54-56-58-60-62-64-71(74)80-69(68-79-81(75,76)78-66-65-72)67-77-70(73)63-61-59-57-55-53-51-49-47-45-22-20-18-16-14-12-10-8-6-4-2/h5-8,11-14,17-20,23-24,26-27,29-30,32-33,45,47,69H,3-4,9-10,15-16,21-22,25,28,31,34-44,46,48-68,72H2,1-2H3,(H,75,76)/b7-5-,8-6-,13-11-,14-12-,19-17-,20-18-,24-23-,27-26-,30-29-,33-32-,47-45-. The van der Waals surface area contributed by atoms with Crippen LogP contribution >= 0.6 is 7.82 Å². The minimum absolute atomic E-state index is 0.0468. The Morgan fingerprint density at radius 3 is 0.951 bits per heavy atom. The van der Waals surface area contributed by atoms with Gasteiger partial charge in [0.1, 0.15) is 6.61 Å². The fourth-order valence-corrected chi connectivity index (χ4v) is 9.55. The van der Waals surface area contributed by atoms with Crippen molar-refractivity contribution in [2.75, 3.05) is 26.4 Å². The van der Waals surface area contributed by atoms with E-state index in [4.69, 9.17) is 24.3 Å². The van der Waals surface area contributed by atoms with E-state index < -0.39 is 32.5 Å². The number of allylic oxidation sites excluding steroid dienone is 22. The Bertz CT molecular complexity index is 1790. The summed E-state index contributed by atoms with van der Waals surface area (Å²) in [7, 11) is -4.40. The fourth-order valence-electron chi connectivity index (χ4n) is 8.79. The summed E-state index contributed by atoms with van der Waals surface area (Å²) in [5.74, 6) is -0.843. The maximum Gasteiger partial charge on any atom is 0.472 e. The Balaban J connectivity index is 3.86. The third-order valence-electron chi connectivity index (χ3n) is 13.5. The molecule has 0 aliphatic heterocycles. The number of hydrogen-bond donors (Lipinski definition) is 2. The van der Waals surface area contributed by atoms with Crippen LogP contribution in [0.4, 0.5) is 0 Å². The Kier molecular flexibility index (Phi) is 62.2. The molecular formula is C71H120NO8P. The number of phosphoric ester groups is 1. The van der Waals surface area contributed by atoms with E-state index in [-0.39, 0.29) is 32.6 Å². The van der Waals surface area contributed by atoms with Crippen molar-refractivity contribution < 1.29 is 37.6 Å². The zero-order chi connectivity index (χ0) is 58.7. The second-order valence-electron chi connectivity index (χ2n) is 21.2. The molecule has 0 rings (SSSR count). The van der Waals surface area contributed by atoms with Gasteiger partial charge in [0.05, 0.1) is 13.2 Å². The van der Waals surface area contributed by atoms with Gasteiger partial charge in [-0.3, -0.25) is 18.6 Å². The van der Waals surface area contributed by atoms with Gasteiger partial charge >= 0.3 is 19.8 Å². The van der Waals surface area contributed by atoms with Crippen molar-refractivity contribution in [3.63, 3.8) is 0 Å². The lowest BCUT2D eigenvalue weighted by molar-refractivity contribution is -0.161. The van der Waals surface area contributed by atoms with Crippen molar-refractivity contribution >= 4 is 19.8 Å². The van der Waals surface area contributed by atoms with Gasteiger partial charge in [0.2, 0.25) is 0 Å². The van der Waals surface area contributed by atoms with Crippen LogP contribution in [-0.2, 0) is 32.7 Å². The van der Waals surface area contributed by atoms with Gasteiger partial charge in [-0.1, -0.05) is 282 Å². The normalized spacial score (nSPS) is 13.9. The number of carbonyl (C=O) groups excluding carboxylic acids is 2. The highest BCUT2D eigenvalue weighted by atomic mass is 31.2. The molecule has 81 heavy (non-hydrogen) atoms. The van der Waals surface area contributed by atoms with Crippen LogP contribution < -0.4 is 5.73 Å². The van der Waals surface area contributed by atoms with Crippen LogP contribution in [0.15, 0.2) is 134 Å². The molecule has 0 spiro atoms. The number of carbonyl (C=O) groups is 2. The fraction of sp³-hybridized carbons (Fsp3) is 0.662. The summed E-state index contributed by atoms with van der Waals surface area (Å²) in [6.07, 6.45) is 92.5. The predicted molar refractivity (Wildman–Crippen MR) is 348 cm³/mol. The van der Waals surface area contributed by atoms with E-state index in [1.165, 1.54) is 103 Å². The zero-order valence-corrected chi connectivity index (χ0v) is 52.6. The minimum Gasteiger partial charge on any atom is -0.462 e. The zero-order valence-electron chi connectivity index (χ0n) is 51.7. The number of esters is 2. The van der Waals surface area contributed by atoms with Gasteiger partial charge in [0.15, 0.2) is 6.10 Å². The van der Waals surface area contributed by atoms with E-state index in [2.05, 4.69) is 148 Å². The lowest BCUT2D eigenvalue weighted by Gasteiger charge is -2.19. The van der Waals surface area contributed by atoms with E-state index in [9.17, 15) is 19.0 Å². The van der Waals surface area contributed by atoms with Gasteiger partial charge < -0.3 is 20.1 Å². The molecule has 3 N–H and O–H groups in total. The topological polar surface area (TPSA) is 134 Å². The molecule has 0 saturated heterocycles. The van der Waals surface area contributed by atoms with Crippen LogP contribution in [0.25, 0.3) is 0 Å². The van der Waals surface area contributed by atoms with Crippen LogP contribution in [-0.4, -0.2) is 49.3 Å². The quantitative estimate of drug-likeness (QED) is 0.0264. The molecule has 0 fully saturated rings. The molecule has 0 aromatic rings. The van der Waals surface area contributed by atoms with Gasteiger partial charge in [-0.2, -0.15) is 0 Å². The first-order valence-corrected chi connectivity index (χ1v) is 34.2. The van der Waals surface area contributed by atoms with Crippen molar-refractivity contribution in [3.05, 3.63) is 134 Å². The first-order valence-electron chi connectivity index (χ1n) is 32.7.